The van der Waals surface area contributed by atoms with Crippen LogP contribution in [0.25, 0.3) is 121 Å². The van der Waals surface area contributed by atoms with E-state index in [2.05, 4.69) is 221 Å². The highest BCUT2D eigenvalue weighted by atomic mass is 15.0. The predicted molar refractivity (Wildman–Crippen MR) is 260 cm³/mol. The lowest BCUT2D eigenvalue weighted by molar-refractivity contribution is 1.13. The molecule has 0 bridgehead atoms. The van der Waals surface area contributed by atoms with E-state index in [1.54, 1.807) is 0 Å². The average Bonchev–Trinajstić information content (AvgIpc) is 3.87. The summed E-state index contributed by atoms with van der Waals surface area (Å²) in [6.45, 7) is 0. The smallest absolute Gasteiger partial charge is 0.0979 e. The van der Waals surface area contributed by atoms with Crippen molar-refractivity contribution in [2.24, 2.45) is 0 Å². The maximum atomic E-state index is 5.62. The van der Waals surface area contributed by atoms with Crippen LogP contribution in [0.3, 0.4) is 0 Å². The molecule has 0 atom stereocenters. The summed E-state index contributed by atoms with van der Waals surface area (Å²) in [4.78, 5) is 10.9. The zero-order chi connectivity index (χ0) is 40.7. The molecule has 62 heavy (non-hydrogen) atoms. The molecule has 3 heterocycles. The van der Waals surface area contributed by atoms with E-state index in [4.69, 9.17) is 9.97 Å². The van der Waals surface area contributed by atoms with Crippen LogP contribution < -0.4 is 0 Å². The number of nitrogens with zero attached hydrogens (tertiary/aromatic N) is 4. The van der Waals surface area contributed by atoms with Crippen molar-refractivity contribution in [3.8, 4) is 44.9 Å². The summed E-state index contributed by atoms with van der Waals surface area (Å²) in [6.07, 6.45) is 1.97. The summed E-state index contributed by atoms with van der Waals surface area (Å²) >= 11 is 0. The second kappa shape index (κ2) is 13.6. The molecule has 0 radical (unpaired) electrons. The van der Waals surface area contributed by atoms with E-state index >= 15 is 0 Å². The molecule has 10 aromatic carbocycles. The van der Waals surface area contributed by atoms with Gasteiger partial charge in [0.15, 0.2) is 0 Å². The van der Waals surface area contributed by atoms with Crippen LogP contribution >= 0.6 is 0 Å². The van der Waals surface area contributed by atoms with E-state index in [1.165, 1.54) is 43.8 Å². The quantitative estimate of drug-likeness (QED) is 0.163. The van der Waals surface area contributed by atoms with Gasteiger partial charge in [-0.15, -0.1) is 0 Å². The summed E-state index contributed by atoms with van der Waals surface area (Å²) < 4.78 is 4.80. The third-order valence-electron chi connectivity index (χ3n) is 12.7. The second-order valence-electron chi connectivity index (χ2n) is 16.2. The molecule has 0 aliphatic carbocycles. The average molecular weight is 789 g/mol. The molecule has 13 aromatic rings. The van der Waals surface area contributed by atoms with Crippen LogP contribution in [-0.2, 0) is 0 Å². The number of hydrogen-bond acceptors (Lipinski definition) is 2. The van der Waals surface area contributed by atoms with E-state index in [0.717, 1.165) is 77.3 Å². The molecule has 0 aliphatic heterocycles. The van der Waals surface area contributed by atoms with Crippen LogP contribution in [0.5, 0.6) is 0 Å². The van der Waals surface area contributed by atoms with Crippen molar-refractivity contribution in [1.82, 2.24) is 19.1 Å². The van der Waals surface area contributed by atoms with Gasteiger partial charge < -0.3 is 9.13 Å². The largest absolute Gasteiger partial charge is 0.309 e. The first-order valence-corrected chi connectivity index (χ1v) is 21.1. The topological polar surface area (TPSA) is 35.6 Å². The fourth-order valence-corrected chi connectivity index (χ4v) is 9.88. The molecular weight excluding hydrogens is 753 g/mol. The van der Waals surface area contributed by atoms with Gasteiger partial charge in [-0.1, -0.05) is 158 Å². The van der Waals surface area contributed by atoms with Crippen molar-refractivity contribution in [2.75, 3.05) is 0 Å². The lowest BCUT2D eigenvalue weighted by Gasteiger charge is -2.16. The van der Waals surface area contributed by atoms with Crippen molar-refractivity contribution >= 4 is 76.2 Å². The summed E-state index contributed by atoms with van der Waals surface area (Å²) in [6, 6.07) is 76.5. The van der Waals surface area contributed by atoms with Crippen LogP contribution in [0.2, 0.25) is 0 Å². The van der Waals surface area contributed by atoms with Crippen LogP contribution in [0.1, 0.15) is 0 Å². The van der Waals surface area contributed by atoms with E-state index in [0.29, 0.717) is 0 Å². The molecule has 0 saturated carbocycles. The number of fused-ring (bicyclic) bond motifs is 12. The number of para-hydroxylation sites is 4. The zero-order valence-electron chi connectivity index (χ0n) is 33.6. The predicted octanol–water partition coefficient (Wildman–Crippen LogP) is 15.1. The molecule has 0 amide bonds. The molecule has 0 unspecified atom stereocenters. The fraction of sp³-hybridized carbons (Fsp3) is 0. The minimum atomic E-state index is 0.816. The SMILES string of the molecule is c1ccc(-c2ccc3c(c2)c2cc(-c4ccccc4)ccc2c2nc(-c4cc(-n5c6ccccc6c6ccccc65)cc(-n5c6ccccc6c6ccccc65)c4)cnc32)cc1. The Hall–Kier alpha value is -8.34. The van der Waals surface area contributed by atoms with E-state index in [1.807, 2.05) is 6.20 Å². The third kappa shape index (κ3) is 5.27. The molecule has 13 rings (SSSR count). The maximum Gasteiger partial charge on any atom is 0.0979 e. The van der Waals surface area contributed by atoms with Gasteiger partial charge in [-0.05, 0) is 87.6 Å². The molecule has 0 spiro atoms. The van der Waals surface area contributed by atoms with Gasteiger partial charge in [0.2, 0.25) is 0 Å². The first-order chi connectivity index (χ1) is 30.7. The van der Waals surface area contributed by atoms with E-state index in [-0.39, 0.29) is 0 Å². The second-order valence-corrected chi connectivity index (χ2v) is 16.2. The van der Waals surface area contributed by atoms with Crippen molar-refractivity contribution in [1.29, 1.82) is 0 Å². The third-order valence-corrected chi connectivity index (χ3v) is 12.7. The molecule has 0 fully saturated rings. The van der Waals surface area contributed by atoms with Gasteiger partial charge in [0, 0.05) is 49.3 Å². The Morgan fingerprint density at radius 2 is 0.677 bits per heavy atom. The highest BCUT2D eigenvalue weighted by Gasteiger charge is 2.19. The van der Waals surface area contributed by atoms with Crippen molar-refractivity contribution in [3.05, 3.63) is 219 Å². The summed E-state index contributed by atoms with van der Waals surface area (Å²) in [7, 11) is 0. The molecule has 288 valence electrons. The van der Waals surface area contributed by atoms with Crippen LogP contribution in [0.15, 0.2) is 219 Å². The lowest BCUT2D eigenvalue weighted by Crippen LogP contribution is -2.01. The number of rotatable bonds is 5. The Morgan fingerprint density at radius 1 is 0.274 bits per heavy atom. The Kier molecular flexibility index (Phi) is 7.57. The van der Waals surface area contributed by atoms with Gasteiger partial charge in [-0.25, -0.2) is 4.98 Å². The van der Waals surface area contributed by atoms with Crippen LogP contribution in [0.4, 0.5) is 0 Å². The van der Waals surface area contributed by atoms with Gasteiger partial charge in [0.1, 0.15) is 0 Å². The van der Waals surface area contributed by atoms with Gasteiger partial charge >= 0.3 is 0 Å². The Labute approximate surface area is 357 Å². The highest BCUT2D eigenvalue weighted by Crippen LogP contribution is 2.41. The molecule has 4 nitrogen and oxygen atoms in total. The Bertz CT molecular complexity index is 3680. The van der Waals surface area contributed by atoms with Gasteiger partial charge in [-0.2, -0.15) is 0 Å². The molecule has 3 aromatic heterocycles. The lowest BCUT2D eigenvalue weighted by atomic mass is 9.93. The normalized spacial score (nSPS) is 11.9. The first-order valence-electron chi connectivity index (χ1n) is 21.1. The van der Waals surface area contributed by atoms with Crippen molar-refractivity contribution in [3.63, 3.8) is 0 Å². The zero-order valence-corrected chi connectivity index (χ0v) is 33.6. The maximum absolute atomic E-state index is 5.62. The minimum absolute atomic E-state index is 0.816. The summed E-state index contributed by atoms with van der Waals surface area (Å²) in [5, 5.41) is 9.37. The van der Waals surface area contributed by atoms with E-state index < -0.39 is 0 Å². The molecule has 0 saturated heterocycles. The fourth-order valence-electron chi connectivity index (χ4n) is 9.88. The Morgan fingerprint density at radius 3 is 1.13 bits per heavy atom. The van der Waals surface area contributed by atoms with Crippen LogP contribution in [-0.4, -0.2) is 19.1 Å². The number of benzene rings is 10. The molecule has 0 aliphatic rings. The monoisotopic (exact) mass is 788 g/mol. The summed E-state index contributed by atoms with van der Waals surface area (Å²) in [5.74, 6) is 0. The molecule has 0 N–H and O–H groups in total. The number of aromatic nitrogens is 4. The standard InChI is InChI=1S/C58H36N4/c1-3-15-37(16-4-1)39-27-29-48-50(33-39)51-34-40(38-17-5-2-6-18-38)28-30-49(51)58-57(48)59-36-52(60-58)41-31-42(61-53-23-11-7-19-44(53)45-20-8-12-24-54(45)61)35-43(32-41)62-55-25-13-9-21-46(55)47-22-10-14-26-56(47)62/h1-36H. The Balaban J connectivity index is 1.10. The van der Waals surface area contributed by atoms with Gasteiger partial charge in [0.25, 0.3) is 0 Å². The highest BCUT2D eigenvalue weighted by molar-refractivity contribution is 6.24. The van der Waals surface area contributed by atoms with Gasteiger partial charge in [0.05, 0.1) is 45.0 Å². The first kappa shape index (κ1) is 34.5. The molecular formula is C58H36N4. The van der Waals surface area contributed by atoms with Crippen molar-refractivity contribution in [2.45, 2.75) is 0 Å². The minimum Gasteiger partial charge on any atom is -0.309 e. The van der Waals surface area contributed by atoms with Gasteiger partial charge in [-0.3, -0.25) is 4.98 Å². The van der Waals surface area contributed by atoms with Crippen molar-refractivity contribution < 1.29 is 0 Å². The summed E-state index contributed by atoms with van der Waals surface area (Å²) in [5.41, 5.74) is 15.0. The van der Waals surface area contributed by atoms with Crippen LogP contribution in [0, 0.1) is 0 Å². The number of hydrogen-bond donors (Lipinski definition) is 0. The van der Waals surface area contributed by atoms with E-state index in [9.17, 15) is 0 Å². The molecule has 4 heteroatoms.